The van der Waals surface area contributed by atoms with E-state index in [-0.39, 0.29) is 11.1 Å². The van der Waals surface area contributed by atoms with Crippen molar-refractivity contribution in [3.8, 4) is 0 Å². The highest BCUT2D eigenvalue weighted by Crippen LogP contribution is 2.30. The highest BCUT2D eigenvalue weighted by Gasteiger charge is 2.15. The molecule has 108 valence electrons. The fourth-order valence-electron chi connectivity index (χ4n) is 2.05. The largest absolute Gasteiger partial charge is 0.478 e. The lowest BCUT2D eigenvalue weighted by Gasteiger charge is -2.27. The van der Waals surface area contributed by atoms with E-state index < -0.39 is 11.9 Å². The van der Waals surface area contributed by atoms with Crippen LogP contribution in [0.4, 0.5) is 5.69 Å². The minimum Gasteiger partial charge on any atom is -0.478 e. The maximum atomic E-state index is 11.1. The lowest BCUT2D eigenvalue weighted by atomic mass is 10.1. The van der Waals surface area contributed by atoms with E-state index >= 15 is 0 Å². The van der Waals surface area contributed by atoms with E-state index in [2.05, 4.69) is 4.90 Å². The molecule has 5 nitrogen and oxygen atoms in total. The van der Waals surface area contributed by atoms with Gasteiger partial charge in [-0.15, -0.1) is 17.2 Å². The zero-order chi connectivity index (χ0) is 14.5. The number of carboxylic acids is 2. The number of carbonyl (C=O) groups is 2. The van der Waals surface area contributed by atoms with Crippen LogP contribution in [0.5, 0.6) is 0 Å². The summed E-state index contributed by atoms with van der Waals surface area (Å²) in [5, 5.41) is 18.2. The van der Waals surface area contributed by atoms with Crippen molar-refractivity contribution in [2.45, 2.75) is 6.42 Å². The van der Waals surface area contributed by atoms with Crippen LogP contribution in [-0.2, 0) is 0 Å². The summed E-state index contributed by atoms with van der Waals surface area (Å²) in [6.07, 6.45) is 5.44. The number of anilines is 1. The van der Waals surface area contributed by atoms with Crippen molar-refractivity contribution in [3.63, 3.8) is 0 Å². The second-order valence-electron chi connectivity index (χ2n) is 4.59. The molecule has 2 unspecified atom stereocenters. The fourth-order valence-corrected chi connectivity index (χ4v) is 4.92. The Bertz CT molecular complexity index is 481. The summed E-state index contributed by atoms with van der Waals surface area (Å²) in [4.78, 5) is 24.4. The first-order valence-electron chi connectivity index (χ1n) is 6.36. The lowest BCUT2D eigenvalue weighted by molar-refractivity contribution is 0.0696. The molecule has 0 radical (unpaired) electrons. The van der Waals surface area contributed by atoms with Crippen molar-refractivity contribution in [2.75, 3.05) is 29.8 Å². The molecule has 20 heavy (non-hydrogen) atoms. The van der Waals surface area contributed by atoms with Crippen LogP contribution in [0.1, 0.15) is 27.1 Å². The molecule has 1 aromatic carbocycles. The maximum absolute atomic E-state index is 11.1. The first kappa shape index (κ1) is 15.2. The van der Waals surface area contributed by atoms with Crippen molar-refractivity contribution in [3.05, 3.63) is 29.3 Å². The van der Waals surface area contributed by atoms with Gasteiger partial charge in [0.2, 0.25) is 0 Å². The summed E-state index contributed by atoms with van der Waals surface area (Å²) in [6.45, 7) is 0. The molecule has 1 aliphatic rings. The number of hydrogen-bond donors (Lipinski definition) is 2. The molecule has 1 aliphatic heterocycles. The molecule has 7 heteroatoms. The molecule has 2 atom stereocenters. The molecule has 0 amide bonds. The molecule has 0 saturated carbocycles. The number of carboxylic acid groups (broad SMARTS) is 2. The second-order valence-corrected chi connectivity index (χ2v) is 7.22. The van der Waals surface area contributed by atoms with Gasteiger partial charge in [0, 0.05) is 18.3 Å². The van der Waals surface area contributed by atoms with Gasteiger partial charge in [0.1, 0.15) is 0 Å². The van der Waals surface area contributed by atoms with Crippen LogP contribution in [0.3, 0.4) is 0 Å². The first-order valence-corrected chi connectivity index (χ1v) is 9.19. The Labute approximate surface area is 120 Å². The fraction of sp³-hybridized carbons (Fsp3) is 0.385. The molecular formula is C13H17NO4P2. The van der Waals surface area contributed by atoms with Gasteiger partial charge in [-0.1, -0.05) is 0 Å². The predicted molar refractivity (Wildman–Crippen MR) is 83.6 cm³/mol. The Kier molecular flexibility index (Phi) is 5.33. The van der Waals surface area contributed by atoms with E-state index in [0.717, 1.165) is 29.7 Å². The summed E-state index contributed by atoms with van der Waals surface area (Å²) in [5.41, 5.74) is 0.784. The Morgan fingerprint density at radius 2 is 1.45 bits per heavy atom. The minimum absolute atomic E-state index is 0.0358. The maximum Gasteiger partial charge on any atom is 0.335 e. The average Bonchev–Trinajstić information content (AvgIpc) is 2.37. The van der Waals surface area contributed by atoms with E-state index in [1.54, 1.807) is 12.1 Å². The molecule has 1 heterocycles. The van der Waals surface area contributed by atoms with Gasteiger partial charge in [-0.05, 0) is 36.9 Å². The number of nitrogens with zero attached hydrogens (tertiary/aromatic N) is 1. The van der Waals surface area contributed by atoms with Gasteiger partial charge in [-0.3, -0.25) is 0 Å². The molecule has 0 aliphatic carbocycles. The predicted octanol–water partition coefficient (Wildman–Crippen LogP) is 2.57. The smallest absolute Gasteiger partial charge is 0.335 e. The Morgan fingerprint density at radius 1 is 0.950 bits per heavy atom. The first-order chi connectivity index (χ1) is 9.58. The van der Waals surface area contributed by atoms with Crippen LogP contribution < -0.4 is 4.90 Å². The molecule has 2 N–H and O–H groups in total. The average molecular weight is 313 g/mol. The van der Waals surface area contributed by atoms with E-state index in [4.69, 9.17) is 10.2 Å². The summed E-state index contributed by atoms with van der Waals surface area (Å²) in [5.74, 6) is -2.18. The zero-order valence-corrected chi connectivity index (χ0v) is 12.9. The number of aromatic carboxylic acids is 2. The summed E-state index contributed by atoms with van der Waals surface area (Å²) in [6, 6.07) is 4.36. The van der Waals surface area contributed by atoms with Crippen LogP contribution >= 0.6 is 17.2 Å². The molecule has 2 rings (SSSR count). The van der Waals surface area contributed by atoms with Gasteiger partial charge >= 0.3 is 11.9 Å². The van der Waals surface area contributed by atoms with Crippen LogP contribution in [0.15, 0.2) is 18.2 Å². The Hall–Kier alpha value is -1.18. The van der Waals surface area contributed by atoms with Crippen LogP contribution in [0, 0.1) is 0 Å². The Balaban J connectivity index is 2.32. The number of hydrogen-bond acceptors (Lipinski definition) is 3. The van der Waals surface area contributed by atoms with E-state index in [9.17, 15) is 9.59 Å². The lowest BCUT2D eigenvalue weighted by Crippen LogP contribution is -2.23. The number of rotatable bonds is 3. The summed E-state index contributed by atoms with van der Waals surface area (Å²) < 4.78 is 0. The van der Waals surface area contributed by atoms with Crippen LogP contribution in [-0.4, -0.2) is 47.0 Å². The molecular weight excluding hydrogens is 296 g/mol. The van der Waals surface area contributed by atoms with Gasteiger partial charge in [-0.25, -0.2) is 9.59 Å². The van der Waals surface area contributed by atoms with Crippen molar-refractivity contribution in [2.24, 2.45) is 0 Å². The quantitative estimate of drug-likeness (QED) is 0.839. The van der Waals surface area contributed by atoms with Crippen LogP contribution in [0.25, 0.3) is 0 Å². The van der Waals surface area contributed by atoms with Gasteiger partial charge in [0.15, 0.2) is 0 Å². The summed E-state index contributed by atoms with van der Waals surface area (Å²) >= 11 is 0. The third kappa shape index (κ3) is 3.91. The van der Waals surface area contributed by atoms with Gasteiger partial charge in [0.25, 0.3) is 0 Å². The second kappa shape index (κ2) is 7.01. The monoisotopic (exact) mass is 313 g/mol. The van der Waals surface area contributed by atoms with E-state index in [1.807, 2.05) is 0 Å². The molecule has 1 fully saturated rings. The minimum atomic E-state index is -1.09. The highest BCUT2D eigenvalue weighted by molar-refractivity contribution is 7.40. The third-order valence-electron chi connectivity index (χ3n) is 3.09. The molecule has 1 aromatic rings. The molecule has 1 saturated heterocycles. The van der Waals surface area contributed by atoms with Crippen molar-refractivity contribution < 1.29 is 19.8 Å². The molecule has 0 bridgehead atoms. The normalized spacial score (nSPS) is 18.7. The van der Waals surface area contributed by atoms with Gasteiger partial charge in [0.05, 0.1) is 11.1 Å². The van der Waals surface area contributed by atoms with Crippen molar-refractivity contribution in [1.82, 2.24) is 0 Å². The van der Waals surface area contributed by atoms with Crippen molar-refractivity contribution >= 4 is 34.8 Å². The zero-order valence-electron chi connectivity index (χ0n) is 10.9. The molecule has 0 spiro atoms. The number of benzene rings is 1. The topological polar surface area (TPSA) is 77.8 Å². The van der Waals surface area contributed by atoms with E-state index in [1.165, 1.54) is 24.8 Å². The Morgan fingerprint density at radius 3 is 1.90 bits per heavy atom. The van der Waals surface area contributed by atoms with Gasteiger partial charge in [-0.2, -0.15) is 0 Å². The van der Waals surface area contributed by atoms with E-state index in [0.29, 0.717) is 5.69 Å². The SMILES string of the molecule is O=C(O)c1cc(C(=O)O)cc(N2CPCCCPC2)c1. The highest BCUT2D eigenvalue weighted by atomic mass is 31.1. The van der Waals surface area contributed by atoms with Gasteiger partial charge < -0.3 is 15.1 Å². The van der Waals surface area contributed by atoms with Crippen LogP contribution in [0.2, 0.25) is 0 Å². The summed E-state index contributed by atoms with van der Waals surface area (Å²) in [7, 11) is 1.63. The molecule has 0 aromatic heterocycles. The standard InChI is InChI=1S/C13H17NO4P2/c15-12(16)9-4-10(13(17)18)6-11(5-9)14-7-19-2-1-3-20-8-14/h4-6,19-20H,1-3,7-8H2,(H,15,16)(H,17,18). The van der Waals surface area contributed by atoms with Crippen molar-refractivity contribution in [1.29, 1.82) is 0 Å². The third-order valence-corrected chi connectivity index (χ3v) is 5.71.